The van der Waals surface area contributed by atoms with E-state index in [9.17, 15) is 0 Å². The highest BCUT2D eigenvalue weighted by Crippen LogP contribution is 2.24. The van der Waals surface area contributed by atoms with Gasteiger partial charge in [0.2, 0.25) is 0 Å². The second-order valence-electron chi connectivity index (χ2n) is 9.00. The Bertz CT molecular complexity index is 1620. The minimum atomic E-state index is -0.291. The van der Waals surface area contributed by atoms with E-state index in [-0.39, 0.29) is 12.2 Å². The number of anilines is 2. The first-order chi connectivity index (χ1) is 18.3. The summed E-state index contributed by atoms with van der Waals surface area (Å²) in [6, 6.07) is 26.5. The summed E-state index contributed by atoms with van der Waals surface area (Å²) in [7, 11) is 0. The third-order valence-corrected chi connectivity index (χ3v) is 6.49. The topological polar surface area (TPSA) is 91.3 Å². The minimum Gasteiger partial charge on any atom is -0.374 e. The van der Waals surface area contributed by atoms with E-state index in [1.807, 2.05) is 42.5 Å². The Morgan fingerprint density at radius 1 is 0.946 bits per heavy atom. The van der Waals surface area contributed by atoms with Crippen LogP contribution in [0.2, 0.25) is 0 Å². The molecular formula is C29H27N7O. The lowest BCUT2D eigenvalue weighted by atomic mass is 10.1. The van der Waals surface area contributed by atoms with Gasteiger partial charge in [-0.3, -0.25) is 4.99 Å². The van der Waals surface area contributed by atoms with Gasteiger partial charge in [-0.15, -0.1) is 0 Å². The Morgan fingerprint density at radius 2 is 1.76 bits per heavy atom. The first-order valence-electron chi connectivity index (χ1n) is 12.3. The lowest BCUT2D eigenvalue weighted by Gasteiger charge is -2.36. The maximum absolute atomic E-state index is 6.26. The molecule has 2 atom stereocenters. The molecule has 0 saturated carbocycles. The van der Waals surface area contributed by atoms with Gasteiger partial charge in [0.15, 0.2) is 11.5 Å². The summed E-state index contributed by atoms with van der Waals surface area (Å²) < 4.78 is 6.26. The third-order valence-electron chi connectivity index (χ3n) is 6.49. The lowest BCUT2D eigenvalue weighted by Crippen LogP contribution is -2.52. The molecule has 8 heteroatoms. The summed E-state index contributed by atoms with van der Waals surface area (Å²) in [5.41, 5.74) is 4.70. The molecule has 1 aliphatic rings. The summed E-state index contributed by atoms with van der Waals surface area (Å²) in [5, 5.41) is 5.68. The van der Waals surface area contributed by atoms with E-state index in [0.717, 1.165) is 27.3 Å². The number of hydrogen-bond acceptors (Lipinski definition) is 7. The van der Waals surface area contributed by atoms with Crippen molar-refractivity contribution in [1.29, 1.82) is 0 Å². The van der Waals surface area contributed by atoms with Crippen LogP contribution >= 0.6 is 0 Å². The molecule has 0 amide bonds. The van der Waals surface area contributed by atoms with Crippen molar-refractivity contribution >= 4 is 28.9 Å². The van der Waals surface area contributed by atoms with Crippen molar-refractivity contribution in [1.82, 2.24) is 19.9 Å². The van der Waals surface area contributed by atoms with Gasteiger partial charge in [-0.05, 0) is 36.2 Å². The fraction of sp³-hybridized carbons (Fsp3) is 0.172. The van der Waals surface area contributed by atoms with Crippen LogP contribution in [0.25, 0.3) is 17.4 Å². The molecule has 0 saturated heterocycles. The number of aromatic amines is 1. The number of benzene rings is 3. The fourth-order valence-electron chi connectivity index (χ4n) is 4.61. The van der Waals surface area contributed by atoms with Crippen molar-refractivity contribution in [2.45, 2.75) is 25.7 Å². The van der Waals surface area contributed by atoms with Gasteiger partial charge < -0.3 is 19.9 Å². The second-order valence-corrected chi connectivity index (χ2v) is 9.00. The van der Waals surface area contributed by atoms with Gasteiger partial charge in [0.25, 0.3) is 0 Å². The molecule has 2 aromatic heterocycles. The molecule has 0 bridgehead atoms. The molecule has 37 heavy (non-hydrogen) atoms. The normalized spacial score (nSPS) is 15.5. The fourth-order valence-corrected chi connectivity index (χ4v) is 4.61. The zero-order valence-electron chi connectivity index (χ0n) is 20.5. The van der Waals surface area contributed by atoms with Gasteiger partial charge in [0.1, 0.15) is 18.0 Å². The Morgan fingerprint density at radius 3 is 2.59 bits per heavy atom. The molecule has 8 nitrogen and oxygen atoms in total. The number of hydrogen-bond donors (Lipinski definition) is 2. The molecule has 2 N–H and O–H groups in total. The molecule has 3 aromatic carbocycles. The Kier molecular flexibility index (Phi) is 6.31. The Hall–Kier alpha value is -4.56. The van der Waals surface area contributed by atoms with Crippen LogP contribution < -0.4 is 20.8 Å². The van der Waals surface area contributed by atoms with E-state index >= 15 is 0 Å². The van der Waals surface area contributed by atoms with Crippen LogP contribution in [-0.2, 0) is 11.3 Å². The number of aryl methyl sites for hydroxylation is 1. The molecule has 3 heterocycles. The molecule has 0 aliphatic carbocycles. The maximum Gasteiger partial charge on any atom is 0.182 e. The van der Waals surface area contributed by atoms with Gasteiger partial charge in [-0.25, -0.2) is 15.0 Å². The maximum atomic E-state index is 6.26. The van der Waals surface area contributed by atoms with Crippen molar-refractivity contribution in [3.8, 4) is 0 Å². The number of H-pyrrole nitrogens is 1. The van der Waals surface area contributed by atoms with Crippen LogP contribution in [0.1, 0.15) is 11.1 Å². The van der Waals surface area contributed by atoms with Gasteiger partial charge in [0.05, 0.1) is 30.9 Å². The van der Waals surface area contributed by atoms with E-state index in [1.54, 1.807) is 6.33 Å². The predicted molar refractivity (Wildman–Crippen MR) is 144 cm³/mol. The van der Waals surface area contributed by atoms with E-state index in [4.69, 9.17) is 9.73 Å². The Balaban J connectivity index is 1.40. The highest BCUT2D eigenvalue weighted by atomic mass is 16.5. The van der Waals surface area contributed by atoms with Crippen LogP contribution in [0.15, 0.2) is 96.5 Å². The SMILES string of the molecule is Cc1cccc2c1=CN(c1ccccc1)C(C(COCc1ccccc1)Nc1ncnc3nc[nH]c13)N=2. The number of ether oxygens (including phenoxy) is 1. The van der Waals surface area contributed by atoms with E-state index in [1.165, 1.54) is 11.9 Å². The van der Waals surface area contributed by atoms with Crippen molar-refractivity contribution in [3.05, 3.63) is 113 Å². The smallest absolute Gasteiger partial charge is 0.182 e. The number of nitrogens with one attached hydrogen (secondary N) is 2. The number of nitrogens with zero attached hydrogens (tertiary/aromatic N) is 5. The molecule has 2 unspecified atom stereocenters. The van der Waals surface area contributed by atoms with Crippen molar-refractivity contribution in [3.63, 3.8) is 0 Å². The lowest BCUT2D eigenvalue weighted by molar-refractivity contribution is 0.106. The second kappa shape index (κ2) is 10.2. The van der Waals surface area contributed by atoms with E-state index < -0.39 is 0 Å². The zero-order valence-corrected chi connectivity index (χ0v) is 20.5. The van der Waals surface area contributed by atoms with E-state index in [2.05, 4.69) is 79.7 Å². The molecule has 0 fully saturated rings. The predicted octanol–water partition coefficient (Wildman–Crippen LogP) is 3.56. The third kappa shape index (κ3) is 4.79. The number of aromatic nitrogens is 4. The molecular weight excluding hydrogens is 462 g/mol. The van der Waals surface area contributed by atoms with Crippen molar-refractivity contribution in [2.75, 3.05) is 16.8 Å². The molecule has 5 aromatic rings. The number of imidazole rings is 1. The summed E-state index contributed by atoms with van der Waals surface area (Å²) in [6.45, 7) is 3.02. The molecule has 184 valence electrons. The van der Waals surface area contributed by atoms with Crippen LogP contribution in [0.5, 0.6) is 0 Å². The van der Waals surface area contributed by atoms with Crippen molar-refractivity contribution < 1.29 is 4.74 Å². The van der Waals surface area contributed by atoms with Crippen LogP contribution in [0.4, 0.5) is 11.5 Å². The minimum absolute atomic E-state index is 0.241. The standard InChI is InChI=1S/C29H27N7O/c1-20-9-8-14-24-23(20)15-36(22-12-6-3-7-13-22)29(35-24)25(17-37-16-21-10-4-2-5-11-21)34-28-26-27(31-18-30-26)32-19-33-28/h2-15,18-19,25,29H,16-17H2,1H3,(H2,30,31,32,33,34). The van der Waals surface area contributed by atoms with Gasteiger partial charge in [-0.1, -0.05) is 60.7 Å². The summed E-state index contributed by atoms with van der Waals surface area (Å²) in [5.74, 6) is 0.661. The quantitative estimate of drug-likeness (QED) is 0.346. The van der Waals surface area contributed by atoms with E-state index in [0.29, 0.717) is 24.7 Å². The largest absolute Gasteiger partial charge is 0.374 e. The average molecular weight is 490 g/mol. The average Bonchev–Trinajstić information content (AvgIpc) is 3.43. The highest BCUT2D eigenvalue weighted by Gasteiger charge is 2.30. The van der Waals surface area contributed by atoms with Gasteiger partial charge in [-0.2, -0.15) is 0 Å². The van der Waals surface area contributed by atoms with Gasteiger partial charge >= 0.3 is 0 Å². The molecule has 1 aliphatic heterocycles. The summed E-state index contributed by atoms with van der Waals surface area (Å²) >= 11 is 0. The number of para-hydroxylation sites is 1. The molecule has 0 radical (unpaired) electrons. The zero-order chi connectivity index (χ0) is 25.0. The van der Waals surface area contributed by atoms with Gasteiger partial charge in [0, 0.05) is 17.1 Å². The first kappa shape index (κ1) is 22.9. The van der Waals surface area contributed by atoms with Crippen LogP contribution in [-0.4, -0.2) is 38.8 Å². The number of fused-ring (bicyclic) bond motifs is 2. The monoisotopic (exact) mass is 489 g/mol. The van der Waals surface area contributed by atoms with Crippen molar-refractivity contribution in [2.24, 2.45) is 4.99 Å². The first-order valence-corrected chi connectivity index (χ1v) is 12.3. The summed E-state index contributed by atoms with van der Waals surface area (Å²) in [4.78, 5) is 23.7. The number of rotatable bonds is 8. The molecule has 0 spiro atoms. The van der Waals surface area contributed by atoms with Crippen LogP contribution in [0.3, 0.4) is 0 Å². The Labute approximate surface area is 214 Å². The van der Waals surface area contributed by atoms with Crippen LogP contribution in [0, 0.1) is 6.92 Å². The summed E-state index contributed by atoms with van der Waals surface area (Å²) in [6.07, 6.45) is 5.04. The highest BCUT2D eigenvalue weighted by molar-refractivity contribution is 5.82. The molecule has 6 rings (SSSR count).